The topological polar surface area (TPSA) is 0 Å². The van der Waals surface area contributed by atoms with Gasteiger partial charge in [-0.2, -0.15) is 0 Å². The summed E-state index contributed by atoms with van der Waals surface area (Å²) in [4.78, 5) is 0. The Balaban J connectivity index is 2.58. The summed E-state index contributed by atoms with van der Waals surface area (Å²) in [6, 6.07) is 0. The molecule has 1 saturated carbocycles. The molecule has 0 nitrogen and oxygen atoms in total. The van der Waals surface area contributed by atoms with E-state index in [-0.39, 0.29) is 0 Å². The van der Waals surface area contributed by atoms with Gasteiger partial charge in [-0.15, -0.1) is 0 Å². The molecule has 0 amide bonds. The molecule has 0 N–H and O–H groups in total. The molecule has 3 unspecified atom stereocenters. The van der Waals surface area contributed by atoms with Crippen LogP contribution in [-0.4, -0.2) is 0 Å². The van der Waals surface area contributed by atoms with Crippen LogP contribution in [0.15, 0.2) is 0 Å². The van der Waals surface area contributed by atoms with Crippen molar-refractivity contribution in [1.29, 1.82) is 0 Å². The zero-order chi connectivity index (χ0) is 11.5. The van der Waals surface area contributed by atoms with Crippen LogP contribution < -0.4 is 0 Å². The van der Waals surface area contributed by atoms with Crippen LogP contribution in [0.1, 0.15) is 73.1 Å². The van der Waals surface area contributed by atoms with Gasteiger partial charge in [-0.3, -0.25) is 0 Å². The molecular weight excluding hydrogens is 180 g/mol. The maximum Gasteiger partial charge on any atom is -0.0349 e. The van der Waals surface area contributed by atoms with E-state index in [0.29, 0.717) is 5.41 Å². The highest BCUT2D eigenvalue weighted by atomic mass is 14.4. The predicted molar refractivity (Wildman–Crippen MR) is 69.0 cm³/mol. The molecule has 0 heterocycles. The Hall–Kier alpha value is 0. The van der Waals surface area contributed by atoms with Crippen molar-refractivity contribution in [3.63, 3.8) is 0 Å². The minimum atomic E-state index is 0.586. The molecule has 15 heavy (non-hydrogen) atoms. The van der Waals surface area contributed by atoms with Gasteiger partial charge in [0.25, 0.3) is 0 Å². The Kier molecular flexibility index (Phi) is 4.67. The van der Waals surface area contributed by atoms with E-state index < -0.39 is 0 Å². The first-order valence-corrected chi connectivity index (χ1v) is 6.94. The van der Waals surface area contributed by atoms with E-state index in [4.69, 9.17) is 0 Å². The zero-order valence-electron chi connectivity index (χ0n) is 11.5. The summed E-state index contributed by atoms with van der Waals surface area (Å²) in [6.07, 6.45) is 8.61. The first-order valence-electron chi connectivity index (χ1n) is 6.94. The standard InChI is InChI=1S/C15H30/c1-6-7-13(3)14-9-8-12(2)10-15(4,5)11-14/h12-14H,6-11H2,1-5H3. The summed E-state index contributed by atoms with van der Waals surface area (Å²) < 4.78 is 0. The monoisotopic (exact) mass is 210 g/mol. The molecule has 0 aliphatic heterocycles. The summed E-state index contributed by atoms with van der Waals surface area (Å²) in [5.41, 5.74) is 0.586. The first kappa shape index (κ1) is 13.1. The molecule has 0 aromatic heterocycles. The molecule has 0 spiro atoms. The fourth-order valence-electron chi connectivity index (χ4n) is 3.62. The third kappa shape index (κ3) is 4.17. The van der Waals surface area contributed by atoms with Crippen LogP contribution in [-0.2, 0) is 0 Å². The van der Waals surface area contributed by atoms with Gasteiger partial charge in [0.1, 0.15) is 0 Å². The van der Waals surface area contributed by atoms with E-state index in [1.54, 1.807) is 0 Å². The highest BCUT2D eigenvalue weighted by Crippen LogP contribution is 2.42. The summed E-state index contributed by atoms with van der Waals surface area (Å²) in [7, 11) is 0. The molecular formula is C15H30. The van der Waals surface area contributed by atoms with Gasteiger partial charge in [0.05, 0.1) is 0 Å². The van der Waals surface area contributed by atoms with Crippen molar-refractivity contribution in [2.24, 2.45) is 23.2 Å². The predicted octanol–water partition coefficient (Wildman–Crippen LogP) is 5.28. The fourth-order valence-corrected chi connectivity index (χ4v) is 3.62. The van der Waals surface area contributed by atoms with Crippen molar-refractivity contribution in [3.8, 4) is 0 Å². The maximum absolute atomic E-state index is 2.47. The van der Waals surface area contributed by atoms with Crippen LogP contribution in [0.5, 0.6) is 0 Å². The molecule has 3 atom stereocenters. The smallest absolute Gasteiger partial charge is 0.0349 e. The van der Waals surface area contributed by atoms with E-state index in [9.17, 15) is 0 Å². The second kappa shape index (κ2) is 5.37. The minimum absolute atomic E-state index is 0.586. The summed E-state index contributed by atoms with van der Waals surface area (Å²) in [6.45, 7) is 12.2. The lowest BCUT2D eigenvalue weighted by molar-refractivity contribution is 0.206. The van der Waals surface area contributed by atoms with Crippen LogP contribution in [0, 0.1) is 23.2 Å². The SMILES string of the molecule is CCCC(C)C1CCC(C)CC(C)(C)C1. The molecule has 0 aromatic carbocycles. The molecule has 0 bridgehead atoms. The van der Waals surface area contributed by atoms with Gasteiger partial charge in [-0.05, 0) is 42.4 Å². The van der Waals surface area contributed by atoms with Gasteiger partial charge >= 0.3 is 0 Å². The average Bonchev–Trinajstić information content (AvgIpc) is 2.23. The fraction of sp³-hybridized carbons (Fsp3) is 1.00. The normalized spacial score (nSPS) is 33.4. The van der Waals surface area contributed by atoms with E-state index in [2.05, 4.69) is 34.6 Å². The third-order valence-corrected chi connectivity index (χ3v) is 4.29. The number of hydrogen-bond acceptors (Lipinski definition) is 0. The largest absolute Gasteiger partial charge is 0.0654 e. The van der Waals surface area contributed by atoms with Crippen LogP contribution >= 0.6 is 0 Å². The van der Waals surface area contributed by atoms with Crippen molar-refractivity contribution in [1.82, 2.24) is 0 Å². The Morgan fingerprint density at radius 3 is 2.47 bits per heavy atom. The molecule has 1 aliphatic carbocycles. The van der Waals surface area contributed by atoms with Crippen molar-refractivity contribution in [2.45, 2.75) is 73.1 Å². The maximum atomic E-state index is 2.47. The summed E-state index contributed by atoms with van der Waals surface area (Å²) in [5, 5.41) is 0. The van der Waals surface area contributed by atoms with Gasteiger partial charge in [0.15, 0.2) is 0 Å². The van der Waals surface area contributed by atoms with E-state index >= 15 is 0 Å². The lowest BCUT2D eigenvalue weighted by Gasteiger charge is -2.30. The van der Waals surface area contributed by atoms with Gasteiger partial charge in [0.2, 0.25) is 0 Å². The lowest BCUT2D eigenvalue weighted by Crippen LogP contribution is -2.20. The van der Waals surface area contributed by atoms with Crippen molar-refractivity contribution < 1.29 is 0 Å². The Morgan fingerprint density at radius 1 is 1.20 bits per heavy atom. The van der Waals surface area contributed by atoms with E-state index in [0.717, 1.165) is 17.8 Å². The second-order valence-electron chi connectivity index (χ2n) is 6.78. The molecule has 1 aliphatic rings. The van der Waals surface area contributed by atoms with Gasteiger partial charge in [-0.25, -0.2) is 0 Å². The van der Waals surface area contributed by atoms with Gasteiger partial charge in [0, 0.05) is 0 Å². The number of rotatable bonds is 3. The van der Waals surface area contributed by atoms with Crippen LogP contribution in [0.25, 0.3) is 0 Å². The van der Waals surface area contributed by atoms with Crippen molar-refractivity contribution in [3.05, 3.63) is 0 Å². The molecule has 1 rings (SSSR count). The zero-order valence-corrected chi connectivity index (χ0v) is 11.5. The number of hydrogen-bond donors (Lipinski definition) is 0. The third-order valence-electron chi connectivity index (χ3n) is 4.29. The first-order chi connectivity index (χ1) is 6.94. The molecule has 1 fully saturated rings. The molecule has 90 valence electrons. The average molecular weight is 210 g/mol. The van der Waals surface area contributed by atoms with Gasteiger partial charge < -0.3 is 0 Å². The minimum Gasteiger partial charge on any atom is -0.0654 e. The highest BCUT2D eigenvalue weighted by Gasteiger charge is 2.31. The summed E-state index contributed by atoms with van der Waals surface area (Å²) in [5.74, 6) is 2.88. The van der Waals surface area contributed by atoms with Crippen LogP contribution in [0.3, 0.4) is 0 Å². The molecule has 0 aromatic rings. The molecule has 0 saturated heterocycles. The Morgan fingerprint density at radius 2 is 1.87 bits per heavy atom. The second-order valence-corrected chi connectivity index (χ2v) is 6.78. The van der Waals surface area contributed by atoms with E-state index in [1.165, 1.54) is 38.5 Å². The quantitative estimate of drug-likeness (QED) is 0.556. The van der Waals surface area contributed by atoms with Gasteiger partial charge in [-0.1, -0.05) is 53.9 Å². The summed E-state index contributed by atoms with van der Waals surface area (Å²) >= 11 is 0. The van der Waals surface area contributed by atoms with Crippen molar-refractivity contribution in [2.75, 3.05) is 0 Å². The van der Waals surface area contributed by atoms with E-state index in [1.807, 2.05) is 0 Å². The Bertz CT molecular complexity index is 180. The lowest BCUT2D eigenvalue weighted by atomic mass is 9.75. The van der Waals surface area contributed by atoms with Crippen LogP contribution in [0.2, 0.25) is 0 Å². The Labute approximate surface area is 96.8 Å². The highest BCUT2D eigenvalue weighted by molar-refractivity contribution is 4.82. The van der Waals surface area contributed by atoms with Crippen LogP contribution in [0.4, 0.5) is 0 Å². The molecule has 0 radical (unpaired) electrons. The van der Waals surface area contributed by atoms with Crippen molar-refractivity contribution >= 4 is 0 Å². The molecule has 0 heteroatoms.